The van der Waals surface area contributed by atoms with Gasteiger partial charge in [-0.15, -0.1) is 0 Å². The summed E-state index contributed by atoms with van der Waals surface area (Å²) in [6, 6.07) is -0.0473. The SMILES string of the molecule is C[C@H](NC(=O)c1c(Br)c(C(F)(F)F)nn1C)[C@H]1C[C@@H]2CC[C@@H]1C2. The van der Waals surface area contributed by atoms with E-state index in [0.717, 1.165) is 17.0 Å². The Bertz CT molecular complexity index is 628. The first-order valence-corrected chi connectivity index (χ1v) is 8.58. The van der Waals surface area contributed by atoms with Crippen molar-refractivity contribution in [3.05, 3.63) is 15.9 Å². The summed E-state index contributed by atoms with van der Waals surface area (Å²) in [6.45, 7) is 1.94. The lowest BCUT2D eigenvalue weighted by Crippen LogP contribution is -2.40. The molecule has 3 rings (SSSR count). The van der Waals surface area contributed by atoms with Crippen molar-refractivity contribution in [1.82, 2.24) is 15.1 Å². The van der Waals surface area contributed by atoms with Crippen LogP contribution in [-0.4, -0.2) is 21.7 Å². The molecule has 2 bridgehead atoms. The van der Waals surface area contributed by atoms with E-state index in [1.165, 1.54) is 26.3 Å². The second-order valence-corrected chi connectivity index (χ2v) is 7.53. The van der Waals surface area contributed by atoms with Crippen molar-refractivity contribution in [3.8, 4) is 0 Å². The maximum Gasteiger partial charge on any atom is 0.436 e. The number of aryl methyl sites for hydroxylation is 1. The lowest BCUT2D eigenvalue weighted by Gasteiger charge is -2.28. The zero-order valence-corrected chi connectivity index (χ0v) is 14.5. The third-order valence-corrected chi connectivity index (χ3v) is 6.02. The molecule has 2 saturated carbocycles. The van der Waals surface area contributed by atoms with Crippen LogP contribution in [0.3, 0.4) is 0 Å². The molecule has 0 saturated heterocycles. The number of carbonyl (C=O) groups excluding carboxylic acids is 1. The summed E-state index contributed by atoms with van der Waals surface area (Å²) in [4.78, 5) is 12.4. The molecule has 4 nitrogen and oxygen atoms in total. The molecule has 0 unspecified atom stereocenters. The van der Waals surface area contributed by atoms with Gasteiger partial charge in [0.15, 0.2) is 5.69 Å². The molecule has 23 heavy (non-hydrogen) atoms. The Hall–Kier alpha value is -1.05. The molecule has 1 amide bonds. The molecule has 2 fully saturated rings. The molecule has 0 spiro atoms. The predicted octanol–water partition coefficient (Wildman–Crippen LogP) is 3.76. The average Bonchev–Trinajstić information content (AvgIpc) is 3.12. The molecule has 1 aromatic rings. The first-order chi connectivity index (χ1) is 10.7. The monoisotopic (exact) mass is 393 g/mol. The van der Waals surface area contributed by atoms with Crippen molar-refractivity contribution < 1.29 is 18.0 Å². The van der Waals surface area contributed by atoms with Gasteiger partial charge in [-0.3, -0.25) is 9.48 Å². The van der Waals surface area contributed by atoms with E-state index < -0.39 is 17.8 Å². The second-order valence-electron chi connectivity index (χ2n) is 6.73. The molecule has 1 aromatic heterocycles. The van der Waals surface area contributed by atoms with Gasteiger partial charge < -0.3 is 5.32 Å². The normalized spacial score (nSPS) is 28.2. The Kier molecular flexibility index (Phi) is 4.23. The first kappa shape index (κ1) is 16.8. The number of hydrogen-bond donors (Lipinski definition) is 1. The topological polar surface area (TPSA) is 46.9 Å². The Labute approximate surface area is 140 Å². The molecule has 2 aliphatic rings. The van der Waals surface area contributed by atoms with Crippen molar-refractivity contribution in [2.45, 2.75) is 44.8 Å². The van der Waals surface area contributed by atoms with Gasteiger partial charge >= 0.3 is 6.18 Å². The Morgan fingerprint density at radius 3 is 2.57 bits per heavy atom. The minimum atomic E-state index is -4.59. The molecule has 0 aliphatic heterocycles. The van der Waals surface area contributed by atoms with E-state index in [4.69, 9.17) is 0 Å². The third-order valence-electron chi connectivity index (χ3n) is 5.27. The van der Waals surface area contributed by atoms with Crippen molar-refractivity contribution in [3.63, 3.8) is 0 Å². The predicted molar refractivity (Wildman–Crippen MR) is 81.8 cm³/mol. The average molecular weight is 394 g/mol. The van der Waals surface area contributed by atoms with Gasteiger partial charge in [0.05, 0.1) is 4.47 Å². The standard InChI is InChI=1S/C15H19BrF3N3O/c1-7(10-6-8-3-4-9(10)5-8)20-14(23)12-11(16)13(15(17,18)19)21-22(12)2/h7-10H,3-6H2,1-2H3,(H,20,23)/t7-,8+,9+,10+/m0/s1. The van der Waals surface area contributed by atoms with E-state index in [2.05, 4.69) is 26.3 Å². The van der Waals surface area contributed by atoms with Gasteiger partial charge in [0.1, 0.15) is 5.69 Å². The van der Waals surface area contributed by atoms with Crippen molar-refractivity contribution in [2.24, 2.45) is 24.8 Å². The zero-order chi connectivity index (χ0) is 16.9. The molecule has 8 heteroatoms. The smallest absolute Gasteiger partial charge is 0.348 e. The fourth-order valence-corrected chi connectivity index (χ4v) is 4.96. The van der Waals surface area contributed by atoms with Crippen LogP contribution in [0.15, 0.2) is 4.47 Å². The number of nitrogens with one attached hydrogen (secondary N) is 1. The van der Waals surface area contributed by atoms with Crippen LogP contribution in [0.2, 0.25) is 0 Å². The minimum absolute atomic E-state index is 0.0473. The van der Waals surface area contributed by atoms with E-state index in [-0.39, 0.29) is 16.2 Å². The highest BCUT2D eigenvalue weighted by Gasteiger charge is 2.43. The third kappa shape index (κ3) is 3.02. The minimum Gasteiger partial charge on any atom is -0.348 e. The fraction of sp³-hybridized carbons (Fsp3) is 0.733. The molecule has 128 valence electrons. The first-order valence-electron chi connectivity index (χ1n) is 7.79. The number of aromatic nitrogens is 2. The van der Waals surface area contributed by atoms with Crippen LogP contribution in [0.5, 0.6) is 0 Å². The van der Waals surface area contributed by atoms with Crippen molar-refractivity contribution in [1.29, 1.82) is 0 Å². The van der Waals surface area contributed by atoms with Gasteiger partial charge in [-0.05, 0) is 59.9 Å². The molecule has 1 N–H and O–H groups in total. The number of rotatable bonds is 3. The van der Waals surface area contributed by atoms with Crippen LogP contribution in [0.4, 0.5) is 13.2 Å². The number of halogens is 4. The summed E-state index contributed by atoms with van der Waals surface area (Å²) in [6.07, 6.45) is 0.198. The second kappa shape index (κ2) is 5.79. The highest BCUT2D eigenvalue weighted by Crippen LogP contribution is 2.49. The van der Waals surface area contributed by atoms with Gasteiger partial charge in [0.25, 0.3) is 5.91 Å². The summed E-state index contributed by atoms with van der Waals surface area (Å²) >= 11 is 2.88. The number of amides is 1. The summed E-state index contributed by atoms with van der Waals surface area (Å²) in [5.74, 6) is 1.30. The van der Waals surface area contributed by atoms with Gasteiger partial charge in [-0.25, -0.2) is 0 Å². The number of hydrogen-bond acceptors (Lipinski definition) is 2. The number of alkyl halides is 3. The zero-order valence-electron chi connectivity index (χ0n) is 13.0. The molecular weight excluding hydrogens is 375 g/mol. The number of carbonyl (C=O) groups is 1. The number of nitrogens with zero attached hydrogens (tertiary/aromatic N) is 2. The summed E-state index contributed by atoms with van der Waals surface area (Å²) in [5, 5.41) is 6.30. The largest absolute Gasteiger partial charge is 0.436 e. The lowest BCUT2D eigenvalue weighted by molar-refractivity contribution is -0.142. The molecule has 4 atom stereocenters. The maximum absolute atomic E-state index is 12.9. The lowest BCUT2D eigenvalue weighted by atomic mass is 9.84. The van der Waals surface area contributed by atoms with E-state index >= 15 is 0 Å². The van der Waals surface area contributed by atoms with Crippen LogP contribution in [0.25, 0.3) is 0 Å². The van der Waals surface area contributed by atoms with Crippen molar-refractivity contribution in [2.75, 3.05) is 0 Å². The van der Waals surface area contributed by atoms with E-state index in [9.17, 15) is 18.0 Å². The van der Waals surface area contributed by atoms with Gasteiger partial charge in [0, 0.05) is 13.1 Å². The van der Waals surface area contributed by atoms with Gasteiger partial charge in [0.2, 0.25) is 0 Å². The van der Waals surface area contributed by atoms with Crippen LogP contribution in [0, 0.1) is 17.8 Å². The molecule has 1 heterocycles. The van der Waals surface area contributed by atoms with Crippen LogP contribution in [0.1, 0.15) is 48.8 Å². The van der Waals surface area contributed by atoms with Gasteiger partial charge in [-0.1, -0.05) is 6.42 Å². The Morgan fingerprint density at radius 2 is 2.09 bits per heavy atom. The number of fused-ring (bicyclic) bond motifs is 2. The summed E-state index contributed by atoms with van der Waals surface area (Å²) in [7, 11) is 1.34. The van der Waals surface area contributed by atoms with Crippen molar-refractivity contribution >= 4 is 21.8 Å². The molecule has 0 aromatic carbocycles. The maximum atomic E-state index is 12.9. The van der Waals surface area contributed by atoms with Crippen LogP contribution in [-0.2, 0) is 13.2 Å². The highest BCUT2D eigenvalue weighted by molar-refractivity contribution is 9.10. The van der Waals surface area contributed by atoms with E-state index in [1.54, 1.807) is 0 Å². The van der Waals surface area contributed by atoms with E-state index in [0.29, 0.717) is 11.8 Å². The molecular formula is C15H19BrF3N3O. The fourth-order valence-electron chi connectivity index (χ4n) is 4.21. The molecule has 2 aliphatic carbocycles. The van der Waals surface area contributed by atoms with Gasteiger partial charge in [-0.2, -0.15) is 18.3 Å². The Balaban J connectivity index is 1.75. The Morgan fingerprint density at radius 1 is 1.39 bits per heavy atom. The summed E-state index contributed by atoms with van der Waals surface area (Å²) < 4.78 is 39.3. The summed E-state index contributed by atoms with van der Waals surface area (Å²) in [5.41, 5.74) is -1.16. The van der Waals surface area contributed by atoms with Crippen LogP contribution < -0.4 is 5.32 Å². The highest BCUT2D eigenvalue weighted by atomic mass is 79.9. The molecule has 0 radical (unpaired) electrons. The van der Waals surface area contributed by atoms with Crippen LogP contribution >= 0.6 is 15.9 Å². The van der Waals surface area contributed by atoms with E-state index in [1.807, 2.05) is 6.92 Å². The quantitative estimate of drug-likeness (QED) is 0.849.